The Hall–Kier alpha value is -0.880. The number of unbranched alkanes of at least 4 members (excludes halogenated alkanes) is 2. The number of nitrogens with one attached hydrogen (secondary N) is 1. The van der Waals surface area contributed by atoms with Crippen LogP contribution in [-0.2, 0) is 0 Å². The second-order valence-corrected chi connectivity index (χ2v) is 3.93. The van der Waals surface area contributed by atoms with Crippen LogP contribution < -0.4 is 11.1 Å². The predicted molar refractivity (Wildman–Crippen MR) is 63.6 cm³/mol. The number of nitrogen functional groups attached to an aromatic ring is 1. The summed E-state index contributed by atoms with van der Waals surface area (Å²) in [4.78, 5) is 7.90. The van der Waals surface area contributed by atoms with Crippen LogP contribution >= 0.6 is 15.9 Å². The normalized spacial score (nSPS) is 10.3. The molecule has 84 valence electrons. The molecule has 15 heavy (non-hydrogen) atoms. The van der Waals surface area contributed by atoms with Crippen molar-refractivity contribution in [2.75, 3.05) is 24.2 Å². The summed E-state index contributed by atoms with van der Waals surface area (Å²) in [6, 6.07) is 0. The lowest BCUT2D eigenvalue weighted by Gasteiger charge is -2.07. The minimum atomic E-state index is 0.254. The molecule has 1 aromatic rings. The van der Waals surface area contributed by atoms with Crippen LogP contribution in [-0.4, -0.2) is 28.2 Å². The largest absolute Gasteiger partial charge is 0.396 e. The maximum atomic E-state index is 8.60. The summed E-state index contributed by atoms with van der Waals surface area (Å²) >= 11 is 3.31. The lowest BCUT2D eigenvalue weighted by Crippen LogP contribution is -2.06. The number of anilines is 2. The van der Waals surface area contributed by atoms with E-state index in [1.165, 1.54) is 6.33 Å². The van der Waals surface area contributed by atoms with E-state index in [0.29, 0.717) is 16.1 Å². The Labute approximate surface area is 97.2 Å². The first-order chi connectivity index (χ1) is 7.25. The molecule has 0 aromatic carbocycles. The van der Waals surface area contributed by atoms with Gasteiger partial charge < -0.3 is 16.2 Å². The maximum Gasteiger partial charge on any atom is 0.145 e. The summed E-state index contributed by atoms with van der Waals surface area (Å²) in [5.74, 6) is 1.15. The zero-order chi connectivity index (χ0) is 11.1. The second kappa shape index (κ2) is 6.58. The number of rotatable bonds is 6. The third kappa shape index (κ3) is 4.01. The van der Waals surface area contributed by atoms with E-state index in [9.17, 15) is 0 Å². The third-order valence-electron chi connectivity index (χ3n) is 1.94. The van der Waals surface area contributed by atoms with E-state index in [1.54, 1.807) is 0 Å². The van der Waals surface area contributed by atoms with Crippen LogP contribution in [0.15, 0.2) is 10.8 Å². The minimum Gasteiger partial charge on any atom is -0.396 e. The molecule has 0 bridgehead atoms. The lowest BCUT2D eigenvalue weighted by atomic mass is 10.2. The number of halogens is 1. The topological polar surface area (TPSA) is 84.1 Å². The number of aliphatic hydroxyl groups excluding tert-OH is 1. The fourth-order valence-electron chi connectivity index (χ4n) is 1.13. The van der Waals surface area contributed by atoms with Crippen molar-refractivity contribution in [2.24, 2.45) is 0 Å². The Morgan fingerprint density at radius 3 is 2.87 bits per heavy atom. The van der Waals surface area contributed by atoms with Crippen molar-refractivity contribution in [3.05, 3.63) is 10.8 Å². The summed E-state index contributed by atoms with van der Waals surface area (Å²) < 4.78 is 0.701. The zero-order valence-electron chi connectivity index (χ0n) is 8.41. The average molecular weight is 275 g/mol. The molecule has 1 rings (SSSR count). The van der Waals surface area contributed by atoms with Crippen LogP contribution in [0.3, 0.4) is 0 Å². The summed E-state index contributed by atoms with van der Waals surface area (Å²) in [5, 5.41) is 11.8. The maximum absolute atomic E-state index is 8.60. The standard InChI is InChI=1S/C9H15BrN4O/c10-7-8(11)13-6-14-9(7)12-4-2-1-3-5-15/h6,15H,1-5H2,(H3,11,12,13,14). The van der Waals surface area contributed by atoms with Gasteiger partial charge in [-0.05, 0) is 35.2 Å². The first kappa shape index (κ1) is 12.2. The zero-order valence-corrected chi connectivity index (χ0v) is 10.00. The molecule has 0 spiro atoms. The van der Waals surface area contributed by atoms with Gasteiger partial charge in [-0.25, -0.2) is 9.97 Å². The van der Waals surface area contributed by atoms with E-state index in [-0.39, 0.29) is 6.61 Å². The van der Waals surface area contributed by atoms with Crippen molar-refractivity contribution in [2.45, 2.75) is 19.3 Å². The van der Waals surface area contributed by atoms with Crippen molar-refractivity contribution < 1.29 is 5.11 Å². The molecule has 0 radical (unpaired) electrons. The Balaban J connectivity index is 2.34. The van der Waals surface area contributed by atoms with Gasteiger partial charge in [0.05, 0.1) is 0 Å². The van der Waals surface area contributed by atoms with Gasteiger partial charge in [0.25, 0.3) is 0 Å². The van der Waals surface area contributed by atoms with Gasteiger partial charge in [0.1, 0.15) is 22.4 Å². The summed E-state index contributed by atoms with van der Waals surface area (Å²) in [6.45, 7) is 1.07. The highest BCUT2D eigenvalue weighted by atomic mass is 79.9. The van der Waals surface area contributed by atoms with Gasteiger partial charge in [-0.15, -0.1) is 0 Å². The third-order valence-corrected chi connectivity index (χ3v) is 2.73. The molecule has 1 heterocycles. The molecule has 5 nitrogen and oxygen atoms in total. The van der Waals surface area contributed by atoms with Crippen molar-refractivity contribution in [1.29, 1.82) is 0 Å². The summed E-state index contributed by atoms with van der Waals surface area (Å²) in [5.41, 5.74) is 5.60. The first-order valence-electron chi connectivity index (χ1n) is 4.86. The van der Waals surface area contributed by atoms with Gasteiger partial charge in [0, 0.05) is 13.2 Å². The Kier molecular flexibility index (Phi) is 5.34. The Morgan fingerprint density at radius 2 is 2.13 bits per heavy atom. The van der Waals surface area contributed by atoms with Gasteiger partial charge >= 0.3 is 0 Å². The molecule has 0 atom stereocenters. The van der Waals surface area contributed by atoms with Crippen LogP contribution in [0.25, 0.3) is 0 Å². The highest BCUT2D eigenvalue weighted by molar-refractivity contribution is 9.10. The summed E-state index contributed by atoms with van der Waals surface area (Å²) in [6.07, 6.45) is 4.27. The first-order valence-corrected chi connectivity index (χ1v) is 5.65. The van der Waals surface area contributed by atoms with Crippen molar-refractivity contribution in [3.63, 3.8) is 0 Å². The molecule has 6 heteroatoms. The molecule has 0 unspecified atom stereocenters. The minimum absolute atomic E-state index is 0.254. The molecule has 0 fully saturated rings. The molecule has 0 saturated carbocycles. The fraction of sp³-hybridized carbons (Fsp3) is 0.556. The lowest BCUT2D eigenvalue weighted by molar-refractivity contribution is 0.283. The molecule has 1 aromatic heterocycles. The van der Waals surface area contributed by atoms with E-state index in [2.05, 4.69) is 31.2 Å². The number of hydrogen-bond acceptors (Lipinski definition) is 5. The van der Waals surface area contributed by atoms with Gasteiger partial charge in [-0.1, -0.05) is 0 Å². The van der Waals surface area contributed by atoms with Crippen LogP contribution in [0.1, 0.15) is 19.3 Å². The monoisotopic (exact) mass is 274 g/mol. The fourth-order valence-corrected chi connectivity index (χ4v) is 1.47. The number of nitrogens with zero attached hydrogens (tertiary/aromatic N) is 2. The molecule has 4 N–H and O–H groups in total. The highest BCUT2D eigenvalue weighted by Crippen LogP contribution is 2.23. The number of nitrogens with two attached hydrogens (primary N) is 1. The second-order valence-electron chi connectivity index (χ2n) is 3.13. The van der Waals surface area contributed by atoms with Crippen LogP contribution in [0.4, 0.5) is 11.6 Å². The molecule has 0 aliphatic heterocycles. The van der Waals surface area contributed by atoms with Crippen LogP contribution in [0.2, 0.25) is 0 Å². The Bertz CT molecular complexity index is 308. The van der Waals surface area contributed by atoms with E-state index >= 15 is 0 Å². The molecule has 0 aliphatic carbocycles. The van der Waals surface area contributed by atoms with E-state index < -0.39 is 0 Å². The van der Waals surface area contributed by atoms with Gasteiger partial charge in [-0.2, -0.15) is 0 Å². The van der Waals surface area contributed by atoms with E-state index in [1.807, 2.05) is 0 Å². The molecule has 0 saturated heterocycles. The molecular weight excluding hydrogens is 260 g/mol. The van der Waals surface area contributed by atoms with Crippen molar-refractivity contribution in [3.8, 4) is 0 Å². The van der Waals surface area contributed by atoms with E-state index in [4.69, 9.17) is 10.8 Å². The summed E-state index contributed by atoms with van der Waals surface area (Å²) in [7, 11) is 0. The number of aliphatic hydroxyl groups is 1. The van der Waals surface area contributed by atoms with Crippen LogP contribution in [0.5, 0.6) is 0 Å². The quantitative estimate of drug-likeness (QED) is 0.683. The Morgan fingerprint density at radius 1 is 1.33 bits per heavy atom. The highest BCUT2D eigenvalue weighted by Gasteiger charge is 2.04. The van der Waals surface area contributed by atoms with Crippen molar-refractivity contribution in [1.82, 2.24) is 9.97 Å². The van der Waals surface area contributed by atoms with Gasteiger partial charge in [0.15, 0.2) is 0 Å². The molecule has 0 aliphatic rings. The predicted octanol–water partition coefficient (Wildman–Crippen LogP) is 1.40. The molecule has 0 amide bonds. The van der Waals surface area contributed by atoms with Gasteiger partial charge in [0.2, 0.25) is 0 Å². The molecular formula is C9H15BrN4O. The number of hydrogen-bond donors (Lipinski definition) is 3. The van der Waals surface area contributed by atoms with Gasteiger partial charge in [-0.3, -0.25) is 0 Å². The van der Waals surface area contributed by atoms with Crippen LogP contribution in [0, 0.1) is 0 Å². The average Bonchev–Trinajstić information content (AvgIpc) is 2.24. The number of aromatic nitrogens is 2. The van der Waals surface area contributed by atoms with E-state index in [0.717, 1.165) is 25.8 Å². The van der Waals surface area contributed by atoms with Crippen molar-refractivity contribution >= 4 is 27.6 Å². The SMILES string of the molecule is Nc1ncnc(NCCCCCO)c1Br. The smallest absolute Gasteiger partial charge is 0.145 e.